The van der Waals surface area contributed by atoms with Gasteiger partial charge < -0.3 is 10.1 Å². The molecule has 0 aliphatic heterocycles. The Kier molecular flexibility index (Phi) is 4.95. The fraction of sp³-hybridized carbons (Fsp3) is 0.308. The predicted octanol–water partition coefficient (Wildman–Crippen LogP) is 4.27. The summed E-state index contributed by atoms with van der Waals surface area (Å²) in [6.07, 6.45) is -0.0852. The van der Waals surface area contributed by atoms with Crippen molar-refractivity contribution in [3.8, 4) is 6.01 Å². The summed E-state index contributed by atoms with van der Waals surface area (Å²) in [5.74, 6) is -0.109. The highest BCUT2D eigenvalue weighted by Gasteiger charge is 2.10. The summed E-state index contributed by atoms with van der Waals surface area (Å²) in [4.78, 5) is 12.0. The molecule has 1 N–H and O–H groups in total. The van der Waals surface area contributed by atoms with Gasteiger partial charge >= 0.3 is 6.01 Å². The maximum atomic E-state index is 13.4. The molecule has 0 aliphatic carbocycles. The topological polar surface area (TPSA) is 59.9 Å². The number of rotatable bonds is 4. The van der Waals surface area contributed by atoms with Crippen molar-refractivity contribution < 1.29 is 9.13 Å². The molecule has 0 saturated carbocycles. The van der Waals surface area contributed by atoms with Crippen molar-refractivity contribution in [2.24, 2.45) is 0 Å². The van der Waals surface area contributed by atoms with Crippen LogP contribution in [0.4, 0.5) is 16.0 Å². The number of ether oxygens (including phenoxy) is 1. The molecule has 0 fully saturated rings. The smallest absolute Gasteiger partial charge is 0.322 e. The van der Waals surface area contributed by atoms with Crippen LogP contribution in [0.1, 0.15) is 19.4 Å². The Labute approximate surface area is 135 Å². The zero-order chi connectivity index (χ0) is 15.6. The first kappa shape index (κ1) is 15.9. The van der Waals surface area contributed by atoms with E-state index in [0.717, 1.165) is 0 Å². The summed E-state index contributed by atoms with van der Waals surface area (Å²) in [7, 11) is 0. The van der Waals surface area contributed by atoms with Gasteiger partial charge in [0.25, 0.3) is 0 Å². The molecular formula is C13H13BrClFN4O. The van der Waals surface area contributed by atoms with Crippen LogP contribution >= 0.6 is 27.5 Å². The third-order valence-corrected chi connectivity index (χ3v) is 3.22. The molecule has 21 heavy (non-hydrogen) atoms. The number of aryl methyl sites for hydroxylation is 1. The summed E-state index contributed by atoms with van der Waals surface area (Å²) < 4.78 is 19.1. The summed E-state index contributed by atoms with van der Waals surface area (Å²) in [5.41, 5.74) is 1.36. The first-order valence-corrected chi connectivity index (χ1v) is 7.33. The molecular weight excluding hydrogens is 363 g/mol. The van der Waals surface area contributed by atoms with Gasteiger partial charge in [0.1, 0.15) is 5.82 Å². The van der Waals surface area contributed by atoms with Crippen LogP contribution in [0.25, 0.3) is 0 Å². The van der Waals surface area contributed by atoms with Crippen LogP contribution in [0.2, 0.25) is 5.28 Å². The van der Waals surface area contributed by atoms with E-state index >= 15 is 0 Å². The molecule has 0 bridgehead atoms. The monoisotopic (exact) mass is 374 g/mol. The largest absolute Gasteiger partial charge is 0.461 e. The van der Waals surface area contributed by atoms with E-state index in [1.165, 1.54) is 6.07 Å². The van der Waals surface area contributed by atoms with Crippen LogP contribution in [0.3, 0.4) is 0 Å². The van der Waals surface area contributed by atoms with Gasteiger partial charge in [-0.1, -0.05) is 0 Å². The second-order valence-electron chi connectivity index (χ2n) is 4.58. The van der Waals surface area contributed by atoms with Crippen LogP contribution in [-0.2, 0) is 0 Å². The molecule has 2 rings (SSSR count). The van der Waals surface area contributed by atoms with Crippen molar-refractivity contribution in [1.29, 1.82) is 0 Å². The van der Waals surface area contributed by atoms with Gasteiger partial charge in [-0.25, -0.2) is 4.39 Å². The Morgan fingerprint density at radius 2 is 2.00 bits per heavy atom. The van der Waals surface area contributed by atoms with Crippen molar-refractivity contribution in [2.75, 3.05) is 5.32 Å². The molecule has 0 spiro atoms. The molecule has 5 nitrogen and oxygen atoms in total. The van der Waals surface area contributed by atoms with E-state index in [2.05, 4.69) is 36.2 Å². The molecule has 8 heteroatoms. The molecule has 1 aromatic carbocycles. The van der Waals surface area contributed by atoms with E-state index in [1.807, 2.05) is 13.8 Å². The minimum absolute atomic E-state index is 0.0157. The molecule has 2 aromatic rings. The van der Waals surface area contributed by atoms with E-state index in [4.69, 9.17) is 16.3 Å². The molecule has 0 aliphatic rings. The lowest BCUT2D eigenvalue weighted by atomic mass is 10.2. The van der Waals surface area contributed by atoms with E-state index in [0.29, 0.717) is 15.7 Å². The molecule has 0 radical (unpaired) electrons. The fourth-order valence-electron chi connectivity index (χ4n) is 1.55. The molecule has 0 atom stereocenters. The average molecular weight is 376 g/mol. The van der Waals surface area contributed by atoms with Crippen molar-refractivity contribution in [3.63, 3.8) is 0 Å². The molecule has 1 heterocycles. The SMILES string of the molecule is Cc1cc(F)c(Br)cc1Nc1nc(Cl)nc(OC(C)C)n1. The maximum absolute atomic E-state index is 13.4. The van der Waals surface area contributed by atoms with Gasteiger partial charge in [0.15, 0.2) is 0 Å². The second kappa shape index (κ2) is 6.53. The van der Waals surface area contributed by atoms with Crippen molar-refractivity contribution >= 4 is 39.2 Å². The summed E-state index contributed by atoms with van der Waals surface area (Å²) >= 11 is 8.98. The third kappa shape index (κ3) is 4.25. The van der Waals surface area contributed by atoms with Crippen LogP contribution < -0.4 is 10.1 Å². The Morgan fingerprint density at radius 1 is 1.29 bits per heavy atom. The van der Waals surface area contributed by atoms with Gasteiger partial charge in [0, 0.05) is 5.69 Å². The normalized spacial score (nSPS) is 10.8. The second-order valence-corrected chi connectivity index (χ2v) is 5.78. The third-order valence-electron chi connectivity index (χ3n) is 2.44. The zero-order valence-corrected chi connectivity index (χ0v) is 14.0. The number of hydrogen-bond acceptors (Lipinski definition) is 5. The highest BCUT2D eigenvalue weighted by molar-refractivity contribution is 9.10. The molecule has 0 amide bonds. The van der Waals surface area contributed by atoms with Crippen molar-refractivity contribution in [1.82, 2.24) is 15.0 Å². The Balaban J connectivity index is 2.31. The fourth-order valence-corrected chi connectivity index (χ4v) is 2.05. The van der Waals surface area contributed by atoms with Gasteiger partial charge in [0.2, 0.25) is 11.2 Å². The minimum atomic E-state index is -0.337. The van der Waals surface area contributed by atoms with Crippen LogP contribution in [0.5, 0.6) is 6.01 Å². The van der Waals surface area contributed by atoms with E-state index in [1.54, 1.807) is 13.0 Å². The lowest BCUT2D eigenvalue weighted by molar-refractivity contribution is 0.222. The van der Waals surface area contributed by atoms with Gasteiger partial charge in [-0.2, -0.15) is 15.0 Å². The first-order valence-electron chi connectivity index (χ1n) is 6.16. The first-order chi connectivity index (χ1) is 9.85. The highest BCUT2D eigenvalue weighted by Crippen LogP contribution is 2.26. The van der Waals surface area contributed by atoms with E-state index in [9.17, 15) is 4.39 Å². The van der Waals surface area contributed by atoms with Crippen LogP contribution in [-0.4, -0.2) is 21.1 Å². The quantitative estimate of drug-likeness (QED) is 0.865. The van der Waals surface area contributed by atoms with Crippen LogP contribution in [0, 0.1) is 12.7 Å². The maximum Gasteiger partial charge on any atom is 0.322 e. The molecule has 112 valence electrons. The van der Waals surface area contributed by atoms with Crippen molar-refractivity contribution in [3.05, 3.63) is 33.3 Å². The number of nitrogens with zero attached hydrogens (tertiary/aromatic N) is 3. The van der Waals surface area contributed by atoms with Gasteiger partial charge in [-0.15, -0.1) is 0 Å². The summed E-state index contributed by atoms with van der Waals surface area (Å²) in [6.45, 7) is 5.48. The number of halogens is 3. The Bertz CT molecular complexity index is 669. The van der Waals surface area contributed by atoms with Gasteiger partial charge in [-0.3, -0.25) is 0 Å². The van der Waals surface area contributed by atoms with Crippen molar-refractivity contribution in [2.45, 2.75) is 26.9 Å². The number of nitrogens with one attached hydrogen (secondary N) is 1. The standard InChI is InChI=1S/C13H13BrClFN4O/c1-6(2)21-13-19-11(15)18-12(20-13)17-10-5-8(14)9(16)4-7(10)3/h4-6H,1-3H3,(H,17,18,19,20). The number of benzene rings is 1. The number of hydrogen-bond donors (Lipinski definition) is 1. The number of aromatic nitrogens is 3. The summed E-state index contributed by atoms with van der Waals surface area (Å²) in [5, 5.41) is 2.99. The van der Waals surface area contributed by atoms with Gasteiger partial charge in [-0.05, 0) is 66.0 Å². The Morgan fingerprint density at radius 3 is 2.67 bits per heavy atom. The van der Waals surface area contributed by atoms with E-state index in [-0.39, 0.29) is 29.2 Å². The van der Waals surface area contributed by atoms with E-state index < -0.39 is 0 Å². The Hall–Kier alpha value is -1.47. The molecule has 1 aromatic heterocycles. The van der Waals surface area contributed by atoms with Crippen LogP contribution in [0.15, 0.2) is 16.6 Å². The number of anilines is 2. The molecule has 0 unspecified atom stereocenters. The predicted molar refractivity (Wildman–Crippen MR) is 82.7 cm³/mol. The molecule has 0 saturated heterocycles. The zero-order valence-electron chi connectivity index (χ0n) is 11.6. The summed E-state index contributed by atoms with van der Waals surface area (Å²) in [6, 6.07) is 3.14. The average Bonchev–Trinajstić information content (AvgIpc) is 2.34. The van der Waals surface area contributed by atoms with Gasteiger partial charge in [0.05, 0.1) is 10.6 Å². The lowest BCUT2D eigenvalue weighted by Crippen LogP contribution is -2.10. The highest BCUT2D eigenvalue weighted by atomic mass is 79.9. The minimum Gasteiger partial charge on any atom is -0.461 e. The lowest BCUT2D eigenvalue weighted by Gasteiger charge is -2.11.